The van der Waals surface area contributed by atoms with Gasteiger partial charge in [0, 0.05) is 0 Å². The number of carbonyl (C=O) groups is 1. The first-order chi connectivity index (χ1) is 12.6. The van der Waals surface area contributed by atoms with E-state index in [1.807, 2.05) is 38.1 Å². The number of rotatable bonds is 7. The molecule has 0 atom stereocenters. The van der Waals surface area contributed by atoms with Crippen molar-refractivity contribution in [2.45, 2.75) is 26.5 Å². The lowest BCUT2D eigenvalue weighted by Gasteiger charge is -2.15. The monoisotopic (exact) mass is 351 g/mol. The fourth-order valence-electron chi connectivity index (χ4n) is 2.36. The predicted molar refractivity (Wildman–Crippen MR) is 99.6 cm³/mol. The molecule has 0 bridgehead atoms. The summed E-state index contributed by atoms with van der Waals surface area (Å²) in [6.07, 6.45) is 3.27. The number of furan rings is 1. The second kappa shape index (κ2) is 8.20. The number of benzene rings is 1. The minimum atomic E-state index is -0.253. The van der Waals surface area contributed by atoms with Crippen molar-refractivity contribution in [1.29, 1.82) is 0 Å². The van der Waals surface area contributed by atoms with E-state index in [4.69, 9.17) is 9.15 Å². The highest BCUT2D eigenvalue weighted by atomic mass is 16.5. The molecule has 0 unspecified atom stereocenters. The molecule has 0 aliphatic rings. The summed E-state index contributed by atoms with van der Waals surface area (Å²) >= 11 is 0. The average molecular weight is 351 g/mol. The van der Waals surface area contributed by atoms with Crippen LogP contribution in [0.15, 0.2) is 65.4 Å². The van der Waals surface area contributed by atoms with Gasteiger partial charge >= 0.3 is 0 Å². The Balaban J connectivity index is 1.63. The summed E-state index contributed by atoms with van der Waals surface area (Å²) in [5.41, 5.74) is 1.96. The number of nitrogens with zero attached hydrogens (tertiary/aromatic N) is 1. The molecule has 26 heavy (non-hydrogen) atoms. The first kappa shape index (κ1) is 17.5. The topological polar surface area (TPSA) is 76.4 Å². The Bertz CT molecular complexity index is 843. The van der Waals surface area contributed by atoms with Gasteiger partial charge in [-0.25, -0.2) is 4.98 Å². The van der Waals surface area contributed by atoms with Gasteiger partial charge in [-0.15, -0.1) is 0 Å². The molecule has 2 heterocycles. The molecule has 2 N–H and O–H groups in total. The van der Waals surface area contributed by atoms with Crippen LogP contribution in [0.3, 0.4) is 0 Å². The van der Waals surface area contributed by atoms with Crippen molar-refractivity contribution >= 4 is 17.3 Å². The molecule has 1 amide bonds. The molecule has 134 valence electrons. The quantitative estimate of drug-likeness (QED) is 0.669. The summed E-state index contributed by atoms with van der Waals surface area (Å²) < 4.78 is 11.0. The molecule has 0 aliphatic carbocycles. The summed E-state index contributed by atoms with van der Waals surface area (Å²) in [7, 11) is 0. The van der Waals surface area contributed by atoms with Gasteiger partial charge in [0.25, 0.3) is 5.91 Å². The highest BCUT2D eigenvalue weighted by molar-refractivity contribution is 5.92. The SMILES string of the molecule is CC(C)Oc1ccccc1Nc1ccc(C(=O)NCc2ccco2)nc1. The van der Waals surface area contributed by atoms with Crippen LogP contribution >= 0.6 is 0 Å². The molecule has 6 nitrogen and oxygen atoms in total. The molecule has 0 aliphatic heterocycles. The van der Waals surface area contributed by atoms with Gasteiger partial charge in [0.1, 0.15) is 17.2 Å². The number of ether oxygens (including phenoxy) is 1. The third kappa shape index (κ3) is 4.63. The summed E-state index contributed by atoms with van der Waals surface area (Å²) in [6.45, 7) is 4.29. The van der Waals surface area contributed by atoms with E-state index < -0.39 is 0 Å². The van der Waals surface area contributed by atoms with Gasteiger partial charge in [0.05, 0.1) is 36.5 Å². The van der Waals surface area contributed by atoms with E-state index in [-0.39, 0.29) is 12.0 Å². The first-order valence-electron chi connectivity index (χ1n) is 8.41. The van der Waals surface area contributed by atoms with Gasteiger partial charge in [-0.1, -0.05) is 12.1 Å². The molecule has 2 aromatic heterocycles. The standard InChI is InChI=1S/C20H21N3O3/c1-14(2)26-19-8-4-3-7-17(19)23-15-9-10-18(21-12-15)20(24)22-13-16-6-5-11-25-16/h3-12,14,23H,13H2,1-2H3,(H,22,24). The molecule has 3 aromatic rings. The zero-order valence-electron chi connectivity index (χ0n) is 14.7. The van der Waals surface area contributed by atoms with Crippen molar-refractivity contribution in [1.82, 2.24) is 10.3 Å². The zero-order chi connectivity index (χ0) is 18.4. The second-order valence-electron chi connectivity index (χ2n) is 5.98. The highest BCUT2D eigenvalue weighted by Crippen LogP contribution is 2.28. The maximum atomic E-state index is 12.1. The lowest BCUT2D eigenvalue weighted by atomic mass is 10.2. The van der Waals surface area contributed by atoms with Crippen molar-refractivity contribution in [3.8, 4) is 5.75 Å². The number of anilines is 2. The molecule has 6 heteroatoms. The Labute approximate surface area is 152 Å². The Morgan fingerprint density at radius 2 is 2.00 bits per heavy atom. The normalized spacial score (nSPS) is 10.6. The van der Waals surface area contributed by atoms with E-state index in [0.717, 1.165) is 17.1 Å². The van der Waals surface area contributed by atoms with E-state index in [1.165, 1.54) is 0 Å². The van der Waals surface area contributed by atoms with Gasteiger partial charge in [0.15, 0.2) is 0 Å². The Kier molecular flexibility index (Phi) is 5.53. The minimum Gasteiger partial charge on any atom is -0.489 e. The number of amides is 1. The number of nitrogens with one attached hydrogen (secondary N) is 2. The summed E-state index contributed by atoms with van der Waals surface area (Å²) in [5, 5.41) is 6.03. The number of carbonyl (C=O) groups excluding carboxylic acids is 1. The molecule has 0 spiro atoms. The van der Waals surface area contributed by atoms with Crippen LogP contribution in [0, 0.1) is 0 Å². The van der Waals surface area contributed by atoms with Crippen LogP contribution in [0.4, 0.5) is 11.4 Å². The summed E-state index contributed by atoms with van der Waals surface area (Å²) in [4.78, 5) is 16.3. The Morgan fingerprint density at radius 1 is 1.15 bits per heavy atom. The minimum absolute atomic E-state index is 0.0799. The van der Waals surface area contributed by atoms with E-state index in [1.54, 1.807) is 36.7 Å². The van der Waals surface area contributed by atoms with Crippen LogP contribution < -0.4 is 15.4 Å². The molecule has 0 radical (unpaired) electrons. The number of para-hydroxylation sites is 2. The number of pyridine rings is 1. The third-order valence-corrected chi connectivity index (χ3v) is 3.53. The number of hydrogen-bond acceptors (Lipinski definition) is 5. The summed E-state index contributed by atoms with van der Waals surface area (Å²) in [6, 6.07) is 14.8. The van der Waals surface area contributed by atoms with Crippen LogP contribution in [0.25, 0.3) is 0 Å². The van der Waals surface area contributed by atoms with E-state index in [2.05, 4.69) is 15.6 Å². The molecule has 3 rings (SSSR count). The average Bonchev–Trinajstić information content (AvgIpc) is 3.15. The van der Waals surface area contributed by atoms with E-state index >= 15 is 0 Å². The fraction of sp³-hybridized carbons (Fsp3) is 0.200. The molecular weight excluding hydrogens is 330 g/mol. The van der Waals surface area contributed by atoms with Crippen LogP contribution in [-0.4, -0.2) is 17.0 Å². The van der Waals surface area contributed by atoms with Gasteiger partial charge in [-0.2, -0.15) is 0 Å². The zero-order valence-corrected chi connectivity index (χ0v) is 14.7. The van der Waals surface area contributed by atoms with Crippen molar-refractivity contribution in [2.75, 3.05) is 5.32 Å². The van der Waals surface area contributed by atoms with Crippen molar-refractivity contribution in [3.63, 3.8) is 0 Å². The van der Waals surface area contributed by atoms with Gasteiger partial charge in [-0.3, -0.25) is 4.79 Å². The van der Waals surface area contributed by atoms with Crippen LogP contribution in [-0.2, 0) is 6.54 Å². The number of aromatic nitrogens is 1. The molecule has 0 saturated heterocycles. The van der Waals surface area contributed by atoms with Crippen LogP contribution in [0.5, 0.6) is 5.75 Å². The number of hydrogen-bond donors (Lipinski definition) is 2. The lowest BCUT2D eigenvalue weighted by Crippen LogP contribution is -2.23. The van der Waals surface area contributed by atoms with E-state index in [0.29, 0.717) is 18.0 Å². The molecule has 0 saturated carbocycles. The fourth-order valence-corrected chi connectivity index (χ4v) is 2.36. The maximum absolute atomic E-state index is 12.1. The van der Waals surface area contributed by atoms with Gasteiger partial charge < -0.3 is 19.8 Å². The van der Waals surface area contributed by atoms with Crippen molar-refractivity contribution < 1.29 is 13.9 Å². The van der Waals surface area contributed by atoms with Crippen LogP contribution in [0.1, 0.15) is 30.1 Å². The van der Waals surface area contributed by atoms with Crippen molar-refractivity contribution in [2.24, 2.45) is 0 Å². The Hall–Kier alpha value is -3.28. The maximum Gasteiger partial charge on any atom is 0.270 e. The highest BCUT2D eigenvalue weighted by Gasteiger charge is 2.09. The smallest absolute Gasteiger partial charge is 0.270 e. The Morgan fingerprint density at radius 3 is 2.69 bits per heavy atom. The van der Waals surface area contributed by atoms with Gasteiger partial charge in [-0.05, 0) is 50.2 Å². The molecule has 1 aromatic carbocycles. The third-order valence-electron chi connectivity index (χ3n) is 3.53. The van der Waals surface area contributed by atoms with Gasteiger partial charge in [0.2, 0.25) is 0 Å². The molecule has 0 fully saturated rings. The van der Waals surface area contributed by atoms with Crippen molar-refractivity contribution in [3.05, 3.63) is 72.4 Å². The second-order valence-corrected chi connectivity index (χ2v) is 5.98. The first-order valence-corrected chi connectivity index (χ1v) is 8.41. The van der Waals surface area contributed by atoms with E-state index in [9.17, 15) is 4.79 Å². The predicted octanol–water partition coefficient (Wildman–Crippen LogP) is 4.14. The molecular formula is C20H21N3O3. The van der Waals surface area contributed by atoms with Crippen LogP contribution in [0.2, 0.25) is 0 Å². The lowest BCUT2D eigenvalue weighted by molar-refractivity contribution is 0.0943. The summed E-state index contributed by atoms with van der Waals surface area (Å²) in [5.74, 6) is 1.21. The largest absolute Gasteiger partial charge is 0.489 e.